The van der Waals surface area contributed by atoms with Crippen molar-refractivity contribution in [1.29, 1.82) is 0 Å². The van der Waals surface area contributed by atoms with Crippen molar-refractivity contribution in [3.63, 3.8) is 0 Å². The van der Waals surface area contributed by atoms with E-state index in [1.807, 2.05) is 53.4 Å². The van der Waals surface area contributed by atoms with Gasteiger partial charge in [-0.05, 0) is 36.4 Å². The van der Waals surface area contributed by atoms with Gasteiger partial charge in [-0.3, -0.25) is 9.69 Å². The number of ether oxygens (including phenoxy) is 3. The first-order valence-electron chi connectivity index (χ1n) is 10.6. The van der Waals surface area contributed by atoms with Crippen molar-refractivity contribution in [2.24, 2.45) is 0 Å². The summed E-state index contributed by atoms with van der Waals surface area (Å²) in [6, 6.07) is 17.1. The van der Waals surface area contributed by atoms with Crippen molar-refractivity contribution in [1.82, 2.24) is 9.80 Å². The van der Waals surface area contributed by atoms with E-state index in [1.54, 1.807) is 26.5 Å². The number of amides is 1. The smallest absolute Gasteiger partial charge is 0.290 e. The van der Waals surface area contributed by atoms with Gasteiger partial charge in [-0.25, -0.2) is 0 Å². The van der Waals surface area contributed by atoms with Gasteiger partial charge in [0.25, 0.3) is 5.91 Å². The Balaban J connectivity index is 1.34. The maximum Gasteiger partial charge on any atom is 0.290 e. The van der Waals surface area contributed by atoms with Crippen molar-refractivity contribution in [3.8, 4) is 17.2 Å². The molecule has 2 heterocycles. The molecule has 3 aromatic rings. The van der Waals surface area contributed by atoms with Gasteiger partial charge in [0.2, 0.25) is 0 Å². The van der Waals surface area contributed by atoms with Crippen LogP contribution in [-0.4, -0.2) is 56.1 Å². The lowest BCUT2D eigenvalue weighted by Crippen LogP contribution is -2.48. The molecule has 1 saturated heterocycles. The van der Waals surface area contributed by atoms with E-state index in [-0.39, 0.29) is 12.5 Å². The first-order valence-corrected chi connectivity index (χ1v) is 10.6. The molecule has 0 N–H and O–H groups in total. The number of piperazine rings is 1. The molecular weight excluding hydrogens is 408 g/mol. The average molecular weight is 437 g/mol. The lowest BCUT2D eigenvalue weighted by Gasteiger charge is -2.34. The Labute approximate surface area is 188 Å². The molecule has 0 radical (unpaired) electrons. The van der Waals surface area contributed by atoms with Gasteiger partial charge in [-0.15, -0.1) is 0 Å². The second kappa shape index (κ2) is 10.2. The summed E-state index contributed by atoms with van der Waals surface area (Å²) < 4.78 is 22.2. The van der Waals surface area contributed by atoms with E-state index in [9.17, 15) is 4.79 Å². The van der Waals surface area contributed by atoms with E-state index in [4.69, 9.17) is 18.6 Å². The van der Waals surface area contributed by atoms with Crippen LogP contribution < -0.4 is 14.2 Å². The van der Waals surface area contributed by atoms with Crippen LogP contribution in [0.5, 0.6) is 17.2 Å². The standard InChI is InChI=1S/C25H28N2O5/c1-29-22-8-9-23(30-2)20(16-22)17-26-11-13-27(14-12-26)25(28)24-19(10-15-31-24)18-32-21-6-4-3-5-7-21/h3-10,15-16H,11-14,17-18H2,1-2H3. The van der Waals surface area contributed by atoms with Crippen LogP contribution in [0.4, 0.5) is 0 Å². The monoisotopic (exact) mass is 436 g/mol. The van der Waals surface area contributed by atoms with Crippen molar-refractivity contribution in [3.05, 3.63) is 77.7 Å². The first kappa shape index (κ1) is 21.8. The van der Waals surface area contributed by atoms with Gasteiger partial charge >= 0.3 is 0 Å². The second-order valence-electron chi connectivity index (χ2n) is 7.62. The molecule has 1 amide bonds. The molecule has 1 aliphatic rings. The zero-order valence-corrected chi connectivity index (χ0v) is 18.5. The fourth-order valence-corrected chi connectivity index (χ4v) is 3.81. The normalized spacial score (nSPS) is 14.2. The highest BCUT2D eigenvalue weighted by atomic mass is 16.5. The third-order valence-corrected chi connectivity index (χ3v) is 5.62. The summed E-state index contributed by atoms with van der Waals surface area (Å²) in [4.78, 5) is 17.2. The molecule has 168 valence electrons. The van der Waals surface area contributed by atoms with Crippen LogP contribution in [0.2, 0.25) is 0 Å². The summed E-state index contributed by atoms with van der Waals surface area (Å²) in [5, 5.41) is 0. The Kier molecular flexibility index (Phi) is 6.97. The minimum absolute atomic E-state index is 0.0970. The third-order valence-electron chi connectivity index (χ3n) is 5.62. The Hall–Kier alpha value is -3.45. The fraction of sp³-hybridized carbons (Fsp3) is 0.320. The van der Waals surface area contributed by atoms with Crippen LogP contribution in [0.15, 0.2) is 65.3 Å². The number of hydrogen-bond acceptors (Lipinski definition) is 6. The fourth-order valence-electron chi connectivity index (χ4n) is 3.81. The molecule has 4 rings (SSSR count). The van der Waals surface area contributed by atoms with Gasteiger partial charge in [0.15, 0.2) is 5.76 Å². The molecule has 0 bridgehead atoms. The van der Waals surface area contributed by atoms with Gasteiger partial charge in [0.05, 0.1) is 20.5 Å². The van der Waals surface area contributed by atoms with Crippen LogP contribution in [-0.2, 0) is 13.2 Å². The van der Waals surface area contributed by atoms with Gasteiger partial charge in [0, 0.05) is 43.9 Å². The molecular formula is C25H28N2O5. The van der Waals surface area contributed by atoms with E-state index >= 15 is 0 Å². The number of furan rings is 1. The van der Waals surface area contributed by atoms with E-state index in [1.165, 1.54) is 0 Å². The molecule has 0 atom stereocenters. The molecule has 7 nitrogen and oxygen atoms in total. The summed E-state index contributed by atoms with van der Waals surface area (Å²) in [5.41, 5.74) is 1.82. The molecule has 1 aromatic heterocycles. The third kappa shape index (κ3) is 5.06. The van der Waals surface area contributed by atoms with Crippen LogP contribution >= 0.6 is 0 Å². The number of hydrogen-bond donors (Lipinski definition) is 0. The largest absolute Gasteiger partial charge is 0.497 e. The van der Waals surface area contributed by atoms with E-state index < -0.39 is 0 Å². The molecule has 1 aliphatic heterocycles. The first-order chi connectivity index (χ1) is 15.7. The lowest BCUT2D eigenvalue weighted by molar-refractivity contribution is 0.0593. The Morgan fingerprint density at radius 3 is 2.41 bits per heavy atom. The number of nitrogens with zero attached hydrogens (tertiary/aromatic N) is 2. The summed E-state index contributed by atoms with van der Waals surface area (Å²) >= 11 is 0. The predicted octanol–water partition coefficient (Wildman–Crippen LogP) is 3.83. The number of methoxy groups -OCH3 is 2. The number of para-hydroxylation sites is 1. The van der Waals surface area contributed by atoms with Crippen LogP contribution in [0, 0.1) is 0 Å². The zero-order valence-electron chi connectivity index (χ0n) is 18.5. The maximum atomic E-state index is 13.1. The maximum absolute atomic E-state index is 13.1. The Morgan fingerprint density at radius 2 is 1.69 bits per heavy atom. The minimum Gasteiger partial charge on any atom is -0.497 e. The SMILES string of the molecule is COc1ccc(OC)c(CN2CCN(C(=O)c3occc3COc3ccccc3)CC2)c1. The highest BCUT2D eigenvalue weighted by Gasteiger charge is 2.26. The quantitative estimate of drug-likeness (QED) is 0.535. The number of carbonyl (C=O) groups is 1. The van der Waals surface area contributed by atoms with Gasteiger partial charge in [0.1, 0.15) is 23.9 Å². The predicted molar refractivity (Wildman–Crippen MR) is 120 cm³/mol. The molecule has 32 heavy (non-hydrogen) atoms. The molecule has 0 saturated carbocycles. The number of carbonyl (C=O) groups excluding carboxylic acids is 1. The van der Waals surface area contributed by atoms with E-state index in [0.29, 0.717) is 18.8 Å². The Morgan fingerprint density at radius 1 is 0.906 bits per heavy atom. The molecule has 0 aliphatic carbocycles. The molecule has 2 aromatic carbocycles. The van der Waals surface area contributed by atoms with Gasteiger partial charge in [-0.2, -0.15) is 0 Å². The number of benzene rings is 2. The second-order valence-corrected chi connectivity index (χ2v) is 7.62. The minimum atomic E-state index is -0.0970. The van der Waals surface area contributed by atoms with Crippen molar-refractivity contribution in [2.75, 3.05) is 40.4 Å². The molecule has 0 unspecified atom stereocenters. The summed E-state index contributed by atoms with van der Waals surface area (Å²) in [7, 11) is 3.33. The lowest BCUT2D eigenvalue weighted by atomic mass is 10.1. The Bertz CT molecular complexity index is 1030. The summed E-state index contributed by atoms with van der Waals surface area (Å²) in [6.45, 7) is 3.82. The van der Waals surface area contributed by atoms with Crippen molar-refractivity contribution < 1.29 is 23.4 Å². The van der Waals surface area contributed by atoms with Crippen LogP contribution in [0.1, 0.15) is 21.7 Å². The molecule has 7 heteroatoms. The van der Waals surface area contributed by atoms with E-state index in [2.05, 4.69) is 4.90 Å². The number of rotatable bonds is 8. The van der Waals surface area contributed by atoms with Gasteiger partial charge in [-0.1, -0.05) is 18.2 Å². The topological polar surface area (TPSA) is 64.4 Å². The zero-order chi connectivity index (χ0) is 22.3. The molecule has 0 spiro atoms. The highest BCUT2D eigenvalue weighted by molar-refractivity contribution is 5.93. The molecule has 1 fully saturated rings. The van der Waals surface area contributed by atoms with Crippen LogP contribution in [0.25, 0.3) is 0 Å². The van der Waals surface area contributed by atoms with Gasteiger partial charge < -0.3 is 23.5 Å². The average Bonchev–Trinajstić information content (AvgIpc) is 3.32. The summed E-state index contributed by atoms with van der Waals surface area (Å²) in [6.07, 6.45) is 1.54. The van der Waals surface area contributed by atoms with Crippen molar-refractivity contribution >= 4 is 5.91 Å². The van der Waals surface area contributed by atoms with Crippen LogP contribution in [0.3, 0.4) is 0 Å². The summed E-state index contributed by atoms with van der Waals surface area (Å²) in [5.74, 6) is 2.65. The van der Waals surface area contributed by atoms with E-state index in [0.717, 1.165) is 48.0 Å². The highest BCUT2D eigenvalue weighted by Crippen LogP contribution is 2.26. The van der Waals surface area contributed by atoms with Crippen molar-refractivity contribution in [2.45, 2.75) is 13.2 Å².